The number of nitrogens with one attached hydrogen (secondary N) is 2. The van der Waals surface area contributed by atoms with Crippen molar-refractivity contribution in [2.45, 2.75) is 6.42 Å². The Labute approximate surface area is 169 Å². The van der Waals surface area contributed by atoms with Gasteiger partial charge in [0.15, 0.2) is 0 Å². The van der Waals surface area contributed by atoms with Crippen molar-refractivity contribution >= 4 is 17.5 Å². The molecule has 0 aliphatic rings. The highest BCUT2D eigenvalue weighted by Crippen LogP contribution is 2.17. The zero-order valence-corrected chi connectivity index (χ0v) is 16.1. The minimum atomic E-state index is 0.551. The maximum Gasteiger partial charge on any atom is 0.229 e. The van der Waals surface area contributed by atoms with E-state index in [-0.39, 0.29) is 0 Å². The van der Waals surface area contributed by atoms with Crippen LogP contribution in [0.3, 0.4) is 0 Å². The topological polar surface area (TPSA) is 76.9 Å². The number of benzene rings is 2. The van der Waals surface area contributed by atoms with Gasteiger partial charge in [-0.05, 0) is 54.4 Å². The van der Waals surface area contributed by atoms with Gasteiger partial charge in [0, 0.05) is 36.5 Å². The predicted molar refractivity (Wildman–Crippen MR) is 114 cm³/mol. The molecule has 0 aliphatic carbocycles. The van der Waals surface area contributed by atoms with Crippen molar-refractivity contribution in [1.82, 2.24) is 19.5 Å². The van der Waals surface area contributed by atoms with Gasteiger partial charge in [0.2, 0.25) is 5.95 Å². The van der Waals surface area contributed by atoms with E-state index in [1.807, 2.05) is 53.2 Å². The lowest BCUT2D eigenvalue weighted by Gasteiger charge is -2.09. The van der Waals surface area contributed by atoms with Crippen molar-refractivity contribution in [3.05, 3.63) is 85.1 Å². The molecule has 0 spiro atoms. The molecule has 0 atom stereocenters. The summed E-state index contributed by atoms with van der Waals surface area (Å²) in [6.45, 7) is 0.780. The fourth-order valence-electron chi connectivity index (χ4n) is 2.90. The normalized spacial score (nSPS) is 10.5. The summed E-state index contributed by atoms with van der Waals surface area (Å²) < 4.78 is 7.14. The molecular formula is C22H22N6O. The average Bonchev–Trinajstić information content (AvgIpc) is 3.30. The Hall–Kier alpha value is -3.87. The summed E-state index contributed by atoms with van der Waals surface area (Å²) in [7, 11) is 1.67. The molecule has 0 saturated carbocycles. The molecule has 7 nitrogen and oxygen atoms in total. The Morgan fingerprint density at radius 2 is 1.79 bits per heavy atom. The number of rotatable bonds is 8. The summed E-state index contributed by atoms with van der Waals surface area (Å²) in [5, 5.41) is 6.58. The van der Waals surface area contributed by atoms with Crippen LogP contribution < -0.4 is 15.4 Å². The van der Waals surface area contributed by atoms with Gasteiger partial charge < -0.3 is 19.9 Å². The minimum Gasteiger partial charge on any atom is -0.497 e. The number of nitrogens with zero attached hydrogens (tertiary/aromatic N) is 4. The van der Waals surface area contributed by atoms with Gasteiger partial charge in [-0.3, -0.25) is 0 Å². The standard InChI is InChI=1S/C22H22N6O/c1-29-20-8-2-17(3-9-20)10-12-24-21-11-13-25-22(27-21)26-18-4-6-19(7-5-18)28-15-14-23-16-28/h2-9,11,13-16H,10,12H2,1H3,(H2,24,25,26,27). The predicted octanol–water partition coefficient (Wildman–Crippen LogP) is 4.07. The quantitative estimate of drug-likeness (QED) is 0.475. The molecule has 4 aromatic rings. The monoisotopic (exact) mass is 386 g/mol. The Kier molecular flexibility index (Phi) is 5.66. The van der Waals surface area contributed by atoms with E-state index in [0.29, 0.717) is 5.95 Å². The number of anilines is 3. The van der Waals surface area contributed by atoms with Crippen LogP contribution in [0.2, 0.25) is 0 Å². The van der Waals surface area contributed by atoms with E-state index < -0.39 is 0 Å². The third-order valence-electron chi connectivity index (χ3n) is 4.46. The summed E-state index contributed by atoms with van der Waals surface area (Å²) in [6, 6.07) is 18.0. The molecule has 0 unspecified atom stereocenters. The fraction of sp³-hybridized carbons (Fsp3) is 0.136. The van der Waals surface area contributed by atoms with E-state index in [2.05, 4.69) is 37.7 Å². The molecule has 0 aliphatic heterocycles. The van der Waals surface area contributed by atoms with Crippen molar-refractivity contribution < 1.29 is 4.74 Å². The van der Waals surface area contributed by atoms with Gasteiger partial charge in [0.25, 0.3) is 0 Å². The lowest BCUT2D eigenvalue weighted by Crippen LogP contribution is -2.07. The van der Waals surface area contributed by atoms with Gasteiger partial charge in [0.05, 0.1) is 13.4 Å². The second-order valence-electron chi connectivity index (χ2n) is 6.43. The first kappa shape index (κ1) is 18.5. The molecule has 0 bridgehead atoms. The number of aromatic nitrogens is 4. The molecule has 2 aromatic carbocycles. The third-order valence-corrected chi connectivity index (χ3v) is 4.46. The highest BCUT2D eigenvalue weighted by atomic mass is 16.5. The first-order valence-corrected chi connectivity index (χ1v) is 9.35. The van der Waals surface area contributed by atoms with Crippen molar-refractivity contribution in [2.24, 2.45) is 0 Å². The number of hydrogen-bond donors (Lipinski definition) is 2. The first-order chi connectivity index (χ1) is 14.3. The fourth-order valence-corrected chi connectivity index (χ4v) is 2.90. The Morgan fingerprint density at radius 3 is 2.52 bits per heavy atom. The molecule has 2 N–H and O–H groups in total. The van der Waals surface area contributed by atoms with Crippen LogP contribution in [0.4, 0.5) is 17.5 Å². The molecule has 0 amide bonds. The van der Waals surface area contributed by atoms with Gasteiger partial charge in [-0.2, -0.15) is 4.98 Å². The highest BCUT2D eigenvalue weighted by molar-refractivity contribution is 5.56. The molecule has 4 rings (SSSR count). The average molecular weight is 386 g/mol. The minimum absolute atomic E-state index is 0.551. The summed E-state index contributed by atoms with van der Waals surface area (Å²) in [5.74, 6) is 2.20. The first-order valence-electron chi connectivity index (χ1n) is 9.35. The Bertz CT molecular complexity index is 1030. The molecule has 2 aromatic heterocycles. The van der Waals surface area contributed by atoms with Crippen LogP contribution in [0.5, 0.6) is 5.75 Å². The van der Waals surface area contributed by atoms with Crippen LogP contribution in [0, 0.1) is 0 Å². The molecule has 2 heterocycles. The molecule has 0 saturated heterocycles. The second kappa shape index (κ2) is 8.88. The van der Waals surface area contributed by atoms with Gasteiger partial charge in [-0.25, -0.2) is 9.97 Å². The Morgan fingerprint density at radius 1 is 0.966 bits per heavy atom. The van der Waals surface area contributed by atoms with Gasteiger partial charge in [0.1, 0.15) is 11.6 Å². The molecular weight excluding hydrogens is 364 g/mol. The number of hydrogen-bond acceptors (Lipinski definition) is 6. The van der Waals surface area contributed by atoms with Crippen molar-refractivity contribution in [1.29, 1.82) is 0 Å². The van der Waals surface area contributed by atoms with E-state index >= 15 is 0 Å². The van der Waals surface area contributed by atoms with Crippen LogP contribution in [-0.4, -0.2) is 33.2 Å². The summed E-state index contributed by atoms with van der Waals surface area (Å²) >= 11 is 0. The smallest absolute Gasteiger partial charge is 0.229 e. The van der Waals surface area contributed by atoms with Crippen LogP contribution >= 0.6 is 0 Å². The lowest BCUT2D eigenvalue weighted by molar-refractivity contribution is 0.414. The van der Waals surface area contributed by atoms with Crippen LogP contribution in [0.1, 0.15) is 5.56 Å². The SMILES string of the molecule is COc1ccc(CCNc2ccnc(Nc3ccc(-n4ccnc4)cc3)n2)cc1. The molecule has 146 valence electrons. The van der Waals surface area contributed by atoms with Crippen LogP contribution in [0.15, 0.2) is 79.5 Å². The summed E-state index contributed by atoms with van der Waals surface area (Å²) in [6.07, 6.45) is 8.07. The van der Waals surface area contributed by atoms with E-state index in [1.54, 1.807) is 25.8 Å². The van der Waals surface area contributed by atoms with E-state index in [1.165, 1.54) is 5.56 Å². The highest BCUT2D eigenvalue weighted by Gasteiger charge is 2.02. The second-order valence-corrected chi connectivity index (χ2v) is 6.43. The largest absolute Gasteiger partial charge is 0.497 e. The summed E-state index contributed by atoms with van der Waals surface area (Å²) in [5.41, 5.74) is 3.20. The van der Waals surface area contributed by atoms with Crippen LogP contribution in [-0.2, 0) is 6.42 Å². The third kappa shape index (κ3) is 4.90. The number of imidazole rings is 1. The molecule has 7 heteroatoms. The van der Waals surface area contributed by atoms with E-state index in [0.717, 1.165) is 35.9 Å². The van der Waals surface area contributed by atoms with Gasteiger partial charge in [-0.1, -0.05) is 12.1 Å². The maximum atomic E-state index is 5.19. The maximum absolute atomic E-state index is 5.19. The zero-order valence-electron chi connectivity index (χ0n) is 16.1. The van der Waals surface area contributed by atoms with E-state index in [4.69, 9.17) is 4.74 Å². The van der Waals surface area contributed by atoms with E-state index in [9.17, 15) is 0 Å². The van der Waals surface area contributed by atoms with Crippen molar-refractivity contribution in [3.8, 4) is 11.4 Å². The van der Waals surface area contributed by atoms with Gasteiger partial charge in [-0.15, -0.1) is 0 Å². The molecule has 0 radical (unpaired) electrons. The number of methoxy groups -OCH3 is 1. The zero-order chi connectivity index (χ0) is 19.9. The number of ether oxygens (including phenoxy) is 1. The van der Waals surface area contributed by atoms with Gasteiger partial charge >= 0.3 is 0 Å². The molecule has 29 heavy (non-hydrogen) atoms. The Balaban J connectivity index is 1.33. The summed E-state index contributed by atoms with van der Waals surface area (Å²) in [4.78, 5) is 12.9. The van der Waals surface area contributed by atoms with Crippen LogP contribution in [0.25, 0.3) is 5.69 Å². The lowest BCUT2D eigenvalue weighted by atomic mass is 10.1. The van der Waals surface area contributed by atoms with Crippen molar-refractivity contribution in [2.75, 3.05) is 24.3 Å². The van der Waals surface area contributed by atoms with Crippen molar-refractivity contribution in [3.63, 3.8) is 0 Å². The molecule has 0 fully saturated rings.